The van der Waals surface area contributed by atoms with Crippen LogP contribution >= 0.6 is 21.6 Å². The maximum absolute atomic E-state index is 15.3. The number of fused-ring (bicyclic) bond motifs is 7. The maximum atomic E-state index is 15.3. The molecule has 1 aliphatic carbocycles. The van der Waals surface area contributed by atoms with E-state index >= 15 is 4.79 Å². The molecule has 3 aromatic heterocycles. The number of aliphatic hydroxyl groups excluding tert-OH is 1. The number of esters is 1. The molecule has 135 heavy (non-hydrogen) atoms. The largest absolute Gasteiger partial charge is 0.496 e. The fourth-order valence-corrected chi connectivity index (χ4v) is 21.5. The quantitative estimate of drug-likeness (QED) is 0.00498. The average molecular weight is 1910 g/mol. The van der Waals surface area contributed by atoms with Crippen molar-refractivity contribution in [2.75, 3.05) is 101 Å². The van der Waals surface area contributed by atoms with Gasteiger partial charge in [0.05, 0.1) is 54.7 Å². The predicted octanol–water partition coefficient (Wildman–Crippen LogP) is 2.11. The number of hydrogen-bond acceptors (Lipinski definition) is 36. The summed E-state index contributed by atoms with van der Waals surface area (Å²) in [6.45, 7) is 13.8. The minimum atomic E-state index is -2.52. The number of hydrogen-bond donors (Lipinski definition) is 12. The van der Waals surface area contributed by atoms with Crippen LogP contribution in [0.5, 0.6) is 5.75 Å². The summed E-state index contributed by atoms with van der Waals surface area (Å²) in [6.07, 6.45) is 9.16. The number of aliphatic imine (C=N–C) groups is 1. The number of ketones is 3. The summed E-state index contributed by atoms with van der Waals surface area (Å²) < 4.78 is 18.1. The second-order valence-electron chi connectivity index (χ2n) is 33.7. The zero-order valence-electron chi connectivity index (χ0n) is 76.1. The number of carbonyl (C=O) groups is 9. The van der Waals surface area contributed by atoms with Crippen LogP contribution in [0.15, 0.2) is 88.8 Å². The van der Waals surface area contributed by atoms with Crippen LogP contribution in [0, 0.1) is 30.1 Å². The third kappa shape index (κ3) is 26.6. The van der Waals surface area contributed by atoms with E-state index in [1.54, 1.807) is 59.1 Å². The molecule has 5 aliphatic heterocycles. The molecule has 1 saturated carbocycles. The summed E-state index contributed by atoms with van der Waals surface area (Å²) in [6, 6.07) is 15.6. The number of anilines is 2. The van der Waals surface area contributed by atoms with Gasteiger partial charge in [0.15, 0.2) is 34.3 Å². The van der Waals surface area contributed by atoms with Gasteiger partial charge in [0.2, 0.25) is 11.8 Å². The van der Waals surface area contributed by atoms with Gasteiger partial charge in [-0.2, -0.15) is 47.9 Å². The lowest BCUT2D eigenvalue weighted by Crippen LogP contribution is -2.81. The number of guanidine groups is 1. The molecule has 6 aliphatic rings. The van der Waals surface area contributed by atoms with Gasteiger partial charge in [-0.1, -0.05) is 79.6 Å². The normalized spacial score (nSPS) is 22.5. The lowest BCUT2D eigenvalue weighted by molar-refractivity contribution is -0.203. The van der Waals surface area contributed by atoms with Crippen molar-refractivity contribution < 1.29 is 121 Å². The Hall–Kier alpha value is -12.9. The number of likely N-dealkylation sites (N-methyl/N-ethyl adjacent to an activating group) is 1. The van der Waals surface area contributed by atoms with Gasteiger partial charge in [0.1, 0.15) is 43.2 Å². The minimum Gasteiger partial charge on any atom is -0.496 e. The molecular weight excluding hydrogens is 1800 g/mol. The minimum absolute atomic E-state index is 0.0245. The zero-order valence-corrected chi connectivity index (χ0v) is 77.8. The second-order valence-corrected chi connectivity index (χ2v) is 36.4. The van der Waals surface area contributed by atoms with Gasteiger partial charge in [-0.15, -0.1) is 0 Å². The number of para-hydroxylation sites is 1. The molecule has 8 heterocycles. The fraction of sp³-hybridized carbons (Fsp3) is 0.527. The SMILES string of the molecule is CC[C@]1(O)C[C@H]2CN(CCc3c([nH]c4ccccc34)[C@@](COC=O)(c3cc4c(cc3OC)N(C)[C@H]3[C@@](O)(C(=O)NCC(=O)OCCSSCCCC(=O)[C@H](C)NC(=O)[C@H](C)CC(=O)[C@H](CCCN=C(N)N)NC(=O)[C@H](C)CC(=O)CCCNC(=O)c5ccc(NCc6cnc7nc(C)[nH]c(=O)c7n6)cc5)[C@H](O)[C@]5(CC)C=CCN6CC[C@]43[C@@H]65)C2)C1.O=C=O.O=C=O.O=C=O.O=C=O.O=C=O. The number of piperidine rings is 1. The number of aryl methyl sites for hydroxylation is 1. The van der Waals surface area contributed by atoms with E-state index in [0.717, 1.165) is 33.3 Å². The summed E-state index contributed by atoms with van der Waals surface area (Å²) in [5.41, 5.74) is 11.1. The summed E-state index contributed by atoms with van der Waals surface area (Å²) in [4.78, 5) is 245. The Kier molecular flexibility index (Phi) is 41.6. The number of rotatable bonds is 40. The van der Waals surface area contributed by atoms with Crippen molar-refractivity contribution in [1.29, 1.82) is 0 Å². The number of nitrogens with two attached hydrogens (primary N) is 2. The van der Waals surface area contributed by atoms with Crippen LogP contribution in [-0.4, -0.2) is 273 Å². The first-order valence-corrected chi connectivity index (χ1v) is 46.1. The van der Waals surface area contributed by atoms with Crippen molar-refractivity contribution in [3.63, 3.8) is 0 Å². The highest BCUT2D eigenvalue weighted by Gasteiger charge is 2.79. The molecule has 2 bridgehead atoms. The molecule has 14 atom stereocenters. The Morgan fingerprint density at radius 3 is 2.13 bits per heavy atom. The van der Waals surface area contributed by atoms with E-state index in [0.29, 0.717) is 143 Å². The van der Waals surface area contributed by atoms with Crippen LogP contribution in [0.3, 0.4) is 0 Å². The number of carbonyl (C=O) groups excluding carboxylic acids is 19. The number of ether oxygens (including phenoxy) is 3. The van der Waals surface area contributed by atoms with Gasteiger partial charge in [0.25, 0.3) is 23.8 Å². The number of H-pyrrole nitrogens is 2. The van der Waals surface area contributed by atoms with Gasteiger partial charge in [-0.05, 0) is 138 Å². The van der Waals surface area contributed by atoms with Crippen molar-refractivity contribution in [2.24, 2.45) is 39.6 Å². The summed E-state index contributed by atoms with van der Waals surface area (Å²) in [5, 5.41) is 54.2. The molecule has 42 nitrogen and oxygen atoms in total. The Labute approximate surface area is 783 Å². The maximum Gasteiger partial charge on any atom is 0.373 e. The molecule has 4 amide bonds. The first kappa shape index (κ1) is 109. The zero-order chi connectivity index (χ0) is 99.5. The number of aromatic amines is 2. The Morgan fingerprint density at radius 1 is 0.785 bits per heavy atom. The molecule has 12 rings (SSSR count). The number of methoxy groups -OCH3 is 1. The average Bonchev–Trinajstić information content (AvgIpc) is 1.48. The first-order valence-electron chi connectivity index (χ1n) is 43.6. The predicted molar refractivity (Wildman–Crippen MR) is 482 cm³/mol. The summed E-state index contributed by atoms with van der Waals surface area (Å²) in [7, 11) is 6.30. The van der Waals surface area contributed by atoms with Gasteiger partial charge in [-0.25, -0.2) is 15.0 Å². The second kappa shape index (κ2) is 51.5. The topological polar surface area (TPSA) is 634 Å². The highest BCUT2D eigenvalue weighted by atomic mass is 33.1. The molecule has 6 aromatic rings. The highest BCUT2D eigenvalue weighted by Crippen LogP contribution is 2.68. The van der Waals surface area contributed by atoms with Crippen molar-refractivity contribution in [1.82, 2.24) is 56.0 Å². The number of aliphatic hydroxyl groups is 3. The van der Waals surface area contributed by atoms with E-state index in [2.05, 4.69) is 84.5 Å². The molecule has 726 valence electrons. The number of amides is 4. The van der Waals surface area contributed by atoms with E-state index in [1.165, 1.54) is 27.8 Å². The third-order valence-corrected chi connectivity index (χ3v) is 27.8. The summed E-state index contributed by atoms with van der Waals surface area (Å²) >= 11 is 0. The van der Waals surface area contributed by atoms with E-state index in [-0.39, 0.29) is 142 Å². The molecule has 1 spiro atoms. The van der Waals surface area contributed by atoms with Crippen LogP contribution in [0.1, 0.15) is 162 Å². The van der Waals surface area contributed by atoms with E-state index in [4.69, 9.17) is 73.6 Å². The Balaban J connectivity index is 0.00000155. The van der Waals surface area contributed by atoms with Crippen molar-refractivity contribution in [3.05, 3.63) is 129 Å². The van der Waals surface area contributed by atoms with Crippen molar-refractivity contribution >= 4 is 145 Å². The lowest BCUT2D eigenvalue weighted by Gasteiger charge is -2.63. The van der Waals surface area contributed by atoms with Gasteiger partial charge in [-0.3, -0.25) is 62.7 Å². The molecular formula is C91H114N16O26S2. The summed E-state index contributed by atoms with van der Waals surface area (Å²) in [5.74, 6) is -4.10. The lowest BCUT2D eigenvalue weighted by atomic mass is 9.47. The van der Waals surface area contributed by atoms with Gasteiger partial charge in [0, 0.05) is 157 Å². The number of benzene rings is 3. The van der Waals surface area contributed by atoms with Crippen molar-refractivity contribution in [3.8, 4) is 5.75 Å². The molecule has 44 heteroatoms. The number of Topliss-reactive ketones (excluding diaryl/α,β-unsaturated/α-hetero) is 3. The molecule has 3 fully saturated rings. The molecule has 14 N–H and O–H groups in total. The molecule has 3 aromatic carbocycles. The Morgan fingerprint density at radius 2 is 1.46 bits per heavy atom. The fourth-order valence-electron chi connectivity index (χ4n) is 19.6. The molecule has 0 radical (unpaired) electrons. The highest BCUT2D eigenvalue weighted by molar-refractivity contribution is 8.76. The van der Waals surface area contributed by atoms with Crippen LogP contribution in [-0.2, 0) is 120 Å². The van der Waals surface area contributed by atoms with Crippen LogP contribution in [0.25, 0.3) is 22.1 Å². The Bertz CT molecular complexity index is 5420. The number of nitrogens with zero attached hydrogens (tertiary/aromatic N) is 7. The van der Waals surface area contributed by atoms with Crippen LogP contribution in [0.2, 0.25) is 0 Å². The third-order valence-electron chi connectivity index (χ3n) is 25.3. The van der Waals surface area contributed by atoms with Gasteiger partial charge < -0.3 is 82.4 Å². The monoisotopic (exact) mass is 1910 g/mol. The first-order chi connectivity index (χ1) is 64.5. The van der Waals surface area contributed by atoms with E-state index < -0.39 is 106 Å². The van der Waals surface area contributed by atoms with E-state index in [9.17, 15) is 58.5 Å². The van der Waals surface area contributed by atoms with Crippen LogP contribution < -0.4 is 53.2 Å². The standard InChI is InChI=1S/C86H114N16O16S2.5CO2/c1-9-82(114)41-54-42-84(48-117-49-103,71-60(26-32-101(46-54)47-82)59-18-11-12-19-63(59)98-71)62-39-61-65(40-68(62)116-8)100(7)78-85(61)28-33-102-31-16-27-83(10-2,77(85)102)79(112)86(78,115)80(113)93-45-69(107)118-34-36-120-119-35-15-21-66(105)52(5)94-73(108)51(4)38-67(106)64(20-14-30-90-81(87)88)99-74(109)50(3)37-58(104)17-13-29-89-75(110)55-22-24-56(25-23-55)91-43-57-44-92-72-70(97-57)76(111)96-53(6)95-72;5*2-1-3/h11-12,16,18-19,22-25,27,39-40,44,49-52,54,64,77-79,91,98,112,114-115H,9-10,13-15,17,20-21,26,28-38,41-43,45-48H2,1-8H3,(H,89,110)(H,93,113)(H,94,108)(H,99,109)(H4,87,88,90)(H,92,95,96,111);;;;;/t50-,51-,52+,54-,64+,77+,78-,79-,82+,83-,84+,85-,86+;;;;;/m1...../s1. The van der Waals surface area contributed by atoms with Crippen LogP contribution in [0.4, 0.5) is 11.4 Å². The molecule has 1 unspecified atom stereocenters. The number of aromatic nitrogens is 5. The smallest absolute Gasteiger partial charge is 0.373 e. The number of nitrogens with one attached hydrogen (secondary N) is 7. The van der Waals surface area contributed by atoms with Gasteiger partial charge >= 0.3 is 36.7 Å². The van der Waals surface area contributed by atoms with E-state index in [1.807, 2.05) is 56.1 Å². The van der Waals surface area contributed by atoms with Crippen molar-refractivity contribution in [2.45, 2.75) is 190 Å². The molecule has 2 saturated heterocycles.